The van der Waals surface area contributed by atoms with Gasteiger partial charge in [0.25, 0.3) is 10.0 Å². The Balaban J connectivity index is 0.000000292. The number of fused-ring (bicyclic) bond motifs is 1. The Morgan fingerprint density at radius 2 is 1.93 bits per heavy atom. The summed E-state index contributed by atoms with van der Waals surface area (Å²) in [6.07, 6.45) is -1.05. The molecule has 9 nitrogen and oxygen atoms in total. The number of para-hydroxylation sites is 1. The second-order valence-corrected chi connectivity index (χ2v) is 8.80. The zero-order chi connectivity index (χ0) is 21.1. The van der Waals surface area contributed by atoms with Gasteiger partial charge in [0, 0.05) is 12.7 Å². The average molecular weight is 411 g/mol. The van der Waals surface area contributed by atoms with E-state index in [0.717, 1.165) is 5.69 Å². The third kappa shape index (κ3) is 5.62. The number of benzene rings is 1. The van der Waals surface area contributed by atoms with Crippen LogP contribution < -0.4 is 14.2 Å². The molecule has 3 rings (SSSR count). The van der Waals surface area contributed by atoms with Gasteiger partial charge in [0.2, 0.25) is 6.79 Å². The van der Waals surface area contributed by atoms with E-state index in [1.807, 2.05) is 30.3 Å². The van der Waals surface area contributed by atoms with Crippen LogP contribution in [-0.4, -0.2) is 36.7 Å². The largest absolute Gasteiger partial charge is 0.454 e. The van der Waals surface area contributed by atoms with Gasteiger partial charge in [-0.25, -0.2) is 17.9 Å². The Kier molecular flexibility index (Phi) is 6.23. The van der Waals surface area contributed by atoms with Gasteiger partial charge in [-0.2, -0.15) is 5.10 Å². The van der Waals surface area contributed by atoms with Crippen molar-refractivity contribution < 1.29 is 27.4 Å². The van der Waals surface area contributed by atoms with Crippen molar-refractivity contribution in [2.24, 2.45) is 7.05 Å². The SMILES string of the molecule is CC(C)(C)OC(=O)NS(=O)(=O)c1cccc2c1OCO2.Cc1cc(C)n(C)n1. The van der Waals surface area contributed by atoms with Crippen molar-refractivity contribution in [3.63, 3.8) is 0 Å². The van der Waals surface area contributed by atoms with E-state index in [1.165, 1.54) is 17.8 Å². The normalized spacial score (nSPS) is 12.8. The molecular weight excluding hydrogens is 386 g/mol. The maximum absolute atomic E-state index is 12.1. The second-order valence-electron chi connectivity index (χ2n) is 7.15. The molecule has 1 N–H and O–H groups in total. The number of sulfonamides is 1. The maximum Gasteiger partial charge on any atom is 0.421 e. The zero-order valence-corrected chi connectivity index (χ0v) is 17.6. The van der Waals surface area contributed by atoms with Crippen LogP contribution in [-0.2, 0) is 21.8 Å². The fourth-order valence-corrected chi connectivity index (χ4v) is 3.35. The fraction of sp³-hybridized carbons (Fsp3) is 0.444. The maximum atomic E-state index is 12.1. The molecule has 1 aliphatic rings. The quantitative estimate of drug-likeness (QED) is 0.809. The third-order valence-electron chi connectivity index (χ3n) is 3.50. The summed E-state index contributed by atoms with van der Waals surface area (Å²) in [5.74, 6) is 0.403. The predicted molar refractivity (Wildman–Crippen MR) is 102 cm³/mol. The first-order valence-electron chi connectivity index (χ1n) is 8.51. The lowest BCUT2D eigenvalue weighted by atomic mass is 10.2. The van der Waals surface area contributed by atoms with Crippen molar-refractivity contribution in [2.75, 3.05) is 6.79 Å². The number of hydrogen-bond acceptors (Lipinski definition) is 7. The molecule has 2 heterocycles. The van der Waals surface area contributed by atoms with Crippen LogP contribution in [0.5, 0.6) is 11.5 Å². The molecule has 0 radical (unpaired) electrons. The Morgan fingerprint density at radius 3 is 2.43 bits per heavy atom. The molecule has 0 saturated heterocycles. The number of nitrogens with zero attached hydrogens (tertiary/aromatic N) is 2. The van der Waals surface area contributed by atoms with Crippen LogP contribution in [0.25, 0.3) is 0 Å². The number of hydrogen-bond donors (Lipinski definition) is 1. The lowest BCUT2D eigenvalue weighted by Gasteiger charge is -2.19. The van der Waals surface area contributed by atoms with Gasteiger partial charge in [0.15, 0.2) is 11.5 Å². The van der Waals surface area contributed by atoms with Crippen LogP contribution in [0.4, 0.5) is 4.79 Å². The van der Waals surface area contributed by atoms with E-state index in [-0.39, 0.29) is 17.4 Å². The summed E-state index contributed by atoms with van der Waals surface area (Å²) in [6.45, 7) is 8.88. The summed E-state index contributed by atoms with van der Waals surface area (Å²) in [6, 6.07) is 6.45. The standard InChI is InChI=1S/C12H15NO6S.C6H10N2/c1-12(2,3)19-11(14)13-20(15,16)9-6-4-5-8-10(9)18-7-17-8;1-5-4-6(2)8(3)7-5/h4-6H,7H2,1-3H3,(H,13,14);4H,1-3H3. The Bertz CT molecular complexity index is 941. The highest BCUT2D eigenvalue weighted by atomic mass is 32.2. The molecule has 0 unspecified atom stereocenters. The van der Waals surface area contributed by atoms with Gasteiger partial charge in [-0.15, -0.1) is 0 Å². The number of carbonyl (C=O) groups excluding carboxylic acids is 1. The number of ether oxygens (including phenoxy) is 3. The Hall–Kier alpha value is -2.75. The van der Waals surface area contributed by atoms with Crippen molar-refractivity contribution >= 4 is 16.1 Å². The third-order valence-corrected chi connectivity index (χ3v) is 4.84. The minimum atomic E-state index is -4.09. The lowest BCUT2D eigenvalue weighted by molar-refractivity contribution is 0.0570. The number of aromatic nitrogens is 2. The van der Waals surface area contributed by atoms with E-state index in [9.17, 15) is 13.2 Å². The molecule has 0 fully saturated rings. The Morgan fingerprint density at radius 1 is 1.25 bits per heavy atom. The molecule has 0 aliphatic carbocycles. The first-order chi connectivity index (χ1) is 12.9. The summed E-state index contributed by atoms with van der Waals surface area (Å²) < 4.78 is 43.1. The zero-order valence-electron chi connectivity index (χ0n) is 16.8. The van der Waals surface area contributed by atoms with E-state index in [2.05, 4.69) is 11.2 Å². The molecular formula is C18H25N3O6S. The smallest absolute Gasteiger partial charge is 0.421 e. The molecule has 1 amide bonds. The van der Waals surface area contributed by atoms with E-state index in [0.29, 0.717) is 5.75 Å². The van der Waals surface area contributed by atoms with Crippen LogP contribution in [0.3, 0.4) is 0 Å². The van der Waals surface area contributed by atoms with E-state index < -0.39 is 21.7 Å². The molecule has 1 aliphatic heterocycles. The van der Waals surface area contributed by atoms with Crippen molar-refractivity contribution in [3.05, 3.63) is 35.7 Å². The fourth-order valence-electron chi connectivity index (χ4n) is 2.32. The van der Waals surface area contributed by atoms with Gasteiger partial charge in [0.05, 0.1) is 5.69 Å². The van der Waals surface area contributed by atoms with E-state index in [4.69, 9.17) is 14.2 Å². The van der Waals surface area contributed by atoms with E-state index in [1.54, 1.807) is 26.8 Å². The monoisotopic (exact) mass is 411 g/mol. The molecule has 10 heteroatoms. The molecule has 0 spiro atoms. The topological polar surface area (TPSA) is 109 Å². The highest BCUT2D eigenvalue weighted by Crippen LogP contribution is 2.37. The lowest BCUT2D eigenvalue weighted by Crippen LogP contribution is -2.36. The molecule has 0 atom stereocenters. The van der Waals surface area contributed by atoms with Gasteiger partial charge in [-0.05, 0) is 52.8 Å². The highest BCUT2D eigenvalue weighted by Gasteiger charge is 2.29. The van der Waals surface area contributed by atoms with Crippen LogP contribution in [0.2, 0.25) is 0 Å². The number of carbonyl (C=O) groups is 1. The van der Waals surface area contributed by atoms with Crippen LogP contribution >= 0.6 is 0 Å². The molecule has 0 bridgehead atoms. The van der Waals surface area contributed by atoms with Gasteiger partial charge in [-0.1, -0.05) is 6.07 Å². The second kappa shape index (κ2) is 8.09. The van der Waals surface area contributed by atoms with Crippen LogP contribution in [0, 0.1) is 13.8 Å². The van der Waals surface area contributed by atoms with Crippen LogP contribution in [0.15, 0.2) is 29.2 Å². The number of nitrogens with one attached hydrogen (secondary N) is 1. The van der Waals surface area contributed by atoms with E-state index >= 15 is 0 Å². The van der Waals surface area contributed by atoms with Gasteiger partial charge >= 0.3 is 6.09 Å². The Labute approximate surface area is 164 Å². The number of aryl methyl sites for hydroxylation is 3. The van der Waals surface area contributed by atoms with Crippen molar-refractivity contribution in [1.29, 1.82) is 0 Å². The summed E-state index contributed by atoms with van der Waals surface area (Å²) in [5.41, 5.74) is 1.50. The van der Waals surface area contributed by atoms with Gasteiger partial charge in [-0.3, -0.25) is 4.68 Å². The van der Waals surface area contributed by atoms with Crippen molar-refractivity contribution in [3.8, 4) is 11.5 Å². The highest BCUT2D eigenvalue weighted by molar-refractivity contribution is 7.90. The van der Waals surface area contributed by atoms with Gasteiger partial charge in [0.1, 0.15) is 10.5 Å². The van der Waals surface area contributed by atoms with Crippen molar-refractivity contribution in [2.45, 2.75) is 45.1 Å². The van der Waals surface area contributed by atoms with Gasteiger partial charge < -0.3 is 14.2 Å². The predicted octanol–water partition coefficient (Wildman–Crippen LogP) is 2.67. The molecule has 1 aromatic carbocycles. The molecule has 0 saturated carbocycles. The number of rotatable bonds is 2. The summed E-state index contributed by atoms with van der Waals surface area (Å²) >= 11 is 0. The molecule has 2 aromatic rings. The average Bonchev–Trinajstić information content (AvgIpc) is 3.11. The number of amides is 1. The summed E-state index contributed by atoms with van der Waals surface area (Å²) in [5, 5.41) is 4.13. The molecule has 154 valence electrons. The first kappa shape index (κ1) is 21.5. The minimum Gasteiger partial charge on any atom is -0.454 e. The molecule has 1 aromatic heterocycles. The summed E-state index contributed by atoms with van der Waals surface area (Å²) in [4.78, 5) is 11.4. The van der Waals surface area contributed by atoms with Crippen LogP contribution in [0.1, 0.15) is 32.2 Å². The first-order valence-corrected chi connectivity index (χ1v) is 9.99. The van der Waals surface area contributed by atoms with Crippen molar-refractivity contribution in [1.82, 2.24) is 14.5 Å². The minimum absolute atomic E-state index is 0.0612. The summed E-state index contributed by atoms with van der Waals surface area (Å²) in [7, 11) is -2.14. The molecule has 28 heavy (non-hydrogen) atoms.